The van der Waals surface area contributed by atoms with Crippen LogP contribution < -0.4 is 0 Å². The lowest BCUT2D eigenvalue weighted by Gasteiger charge is -2.62. The van der Waals surface area contributed by atoms with E-state index in [1.807, 2.05) is 6.92 Å². The molecule has 0 radical (unpaired) electrons. The lowest BCUT2D eigenvalue weighted by Crippen LogP contribution is -2.62. The van der Waals surface area contributed by atoms with Gasteiger partial charge in [0.1, 0.15) is 0 Å². The largest absolute Gasteiger partial charge is 0.469 e. The van der Waals surface area contributed by atoms with Gasteiger partial charge in [-0.05, 0) is 62.9 Å². The van der Waals surface area contributed by atoms with Crippen molar-refractivity contribution in [1.82, 2.24) is 0 Å². The highest BCUT2D eigenvalue weighted by Crippen LogP contribution is 2.66. The quantitative estimate of drug-likeness (QED) is 0.604. The maximum Gasteiger partial charge on any atom is 0.308 e. The molecule has 0 aromatic carbocycles. The Kier molecular flexibility index (Phi) is 4.40. The minimum atomic E-state index is -0.479. The van der Waals surface area contributed by atoms with Gasteiger partial charge in [0.05, 0.1) is 30.8 Å². The number of fused-ring (bicyclic) bond motifs is 2. The van der Waals surface area contributed by atoms with Crippen molar-refractivity contribution < 1.29 is 19.4 Å². The van der Waals surface area contributed by atoms with Gasteiger partial charge in [0.2, 0.25) is 0 Å². The first-order chi connectivity index (χ1) is 11.5. The number of methoxy groups -OCH3 is 1. The summed E-state index contributed by atoms with van der Waals surface area (Å²) in [5, 5.41) is 10.6. The number of hydrogen-bond donors (Lipinski definition) is 1. The summed E-state index contributed by atoms with van der Waals surface area (Å²) in [4.78, 5) is 11.9. The molecule has 1 N–H and O–H groups in total. The van der Waals surface area contributed by atoms with E-state index in [0.717, 1.165) is 32.1 Å². The van der Waals surface area contributed by atoms with Crippen molar-refractivity contribution in [3.05, 3.63) is 11.6 Å². The van der Waals surface area contributed by atoms with Crippen molar-refractivity contribution in [2.75, 3.05) is 7.11 Å². The lowest BCUT2D eigenvalue weighted by molar-refractivity contribution is -0.210. The van der Waals surface area contributed by atoms with E-state index in [9.17, 15) is 9.90 Å². The normalized spacial score (nSPS) is 45.8. The molecular formula is C21H34O4. The molecular weight excluding hydrogens is 316 g/mol. The zero-order valence-corrected chi connectivity index (χ0v) is 16.6. The van der Waals surface area contributed by atoms with Gasteiger partial charge in [-0.2, -0.15) is 0 Å². The van der Waals surface area contributed by atoms with Gasteiger partial charge in [0, 0.05) is 5.41 Å². The fraction of sp³-hybridized carbons (Fsp3) is 0.857. The maximum atomic E-state index is 11.9. The number of ether oxygens (including phenoxy) is 2. The number of aliphatic hydroxyl groups is 1. The van der Waals surface area contributed by atoms with E-state index >= 15 is 0 Å². The van der Waals surface area contributed by atoms with Crippen molar-refractivity contribution in [3.63, 3.8) is 0 Å². The van der Waals surface area contributed by atoms with Gasteiger partial charge in [0.25, 0.3) is 0 Å². The molecule has 1 spiro atoms. The van der Waals surface area contributed by atoms with Gasteiger partial charge in [-0.15, -0.1) is 0 Å². The van der Waals surface area contributed by atoms with Crippen molar-refractivity contribution in [3.8, 4) is 0 Å². The SMILES string of the molecule is COC(=O)C[C@]1(C)CC[C@@]2(O1)C(C)=CC[C@H]1C(C)(C)[C@@H](O)CC[C@@]12C. The molecule has 2 aliphatic carbocycles. The average molecular weight is 350 g/mol. The standard InChI is InChI=1S/C21H34O4/c1-14-7-8-15-18(2,3)16(22)9-10-20(15,5)21(14)12-11-19(4,25-21)13-17(23)24-6/h7,15-16,22H,8-13H2,1-6H3/t15-,16-,19-,20-,21+/m0/s1. The Bertz CT molecular complexity index is 595. The fourth-order valence-corrected chi connectivity index (χ4v) is 6.14. The van der Waals surface area contributed by atoms with Crippen LogP contribution in [0.15, 0.2) is 11.6 Å². The third kappa shape index (κ3) is 2.59. The van der Waals surface area contributed by atoms with E-state index < -0.39 is 5.60 Å². The van der Waals surface area contributed by atoms with Crippen molar-refractivity contribution in [2.45, 2.75) is 90.4 Å². The second kappa shape index (κ2) is 5.82. The molecule has 0 aromatic rings. The third-order valence-corrected chi connectivity index (χ3v) is 7.85. The maximum absolute atomic E-state index is 11.9. The van der Waals surface area contributed by atoms with Crippen molar-refractivity contribution in [2.24, 2.45) is 16.7 Å². The average Bonchev–Trinajstić information content (AvgIpc) is 2.88. The highest BCUT2D eigenvalue weighted by Gasteiger charge is 2.66. The Morgan fingerprint density at radius 3 is 2.60 bits per heavy atom. The summed E-state index contributed by atoms with van der Waals surface area (Å²) in [6.45, 7) is 11.0. The van der Waals surface area contributed by atoms with Crippen LogP contribution in [0.25, 0.3) is 0 Å². The monoisotopic (exact) mass is 350 g/mol. The predicted molar refractivity (Wildman–Crippen MR) is 97.1 cm³/mol. The first kappa shape index (κ1) is 18.9. The number of rotatable bonds is 2. The van der Waals surface area contributed by atoms with E-state index in [-0.39, 0.29) is 28.5 Å². The molecule has 2 fully saturated rings. The van der Waals surface area contributed by atoms with E-state index in [4.69, 9.17) is 9.47 Å². The van der Waals surface area contributed by atoms with Crippen LogP contribution >= 0.6 is 0 Å². The Morgan fingerprint density at radius 2 is 1.96 bits per heavy atom. The molecule has 4 heteroatoms. The van der Waals surface area contributed by atoms with Crippen molar-refractivity contribution >= 4 is 5.97 Å². The molecule has 0 amide bonds. The minimum Gasteiger partial charge on any atom is -0.469 e. The molecule has 1 heterocycles. The van der Waals surface area contributed by atoms with Crippen LogP contribution in [-0.2, 0) is 14.3 Å². The highest BCUT2D eigenvalue weighted by atomic mass is 16.5. The van der Waals surface area contributed by atoms with E-state index in [2.05, 4.69) is 33.8 Å². The smallest absolute Gasteiger partial charge is 0.308 e. The molecule has 1 saturated heterocycles. The summed E-state index contributed by atoms with van der Waals surface area (Å²) in [5.41, 5.74) is 0.320. The van der Waals surface area contributed by atoms with Gasteiger partial charge in [-0.1, -0.05) is 26.8 Å². The van der Waals surface area contributed by atoms with Crippen LogP contribution in [0.4, 0.5) is 0 Å². The molecule has 4 nitrogen and oxygen atoms in total. The molecule has 25 heavy (non-hydrogen) atoms. The Labute approximate surface area is 152 Å². The van der Waals surface area contributed by atoms with Gasteiger partial charge in [-0.3, -0.25) is 4.79 Å². The molecule has 3 aliphatic rings. The summed E-state index contributed by atoms with van der Waals surface area (Å²) in [6.07, 6.45) is 6.90. The molecule has 0 unspecified atom stereocenters. The van der Waals surface area contributed by atoms with Gasteiger partial charge in [0.15, 0.2) is 0 Å². The molecule has 0 aromatic heterocycles. The van der Waals surface area contributed by atoms with Crippen LogP contribution in [0.5, 0.6) is 0 Å². The fourth-order valence-electron chi connectivity index (χ4n) is 6.14. The molecule has 3 rings (SSSR count). The molecule has 0 bridgehead atoms. The van der Waals surface area contributed by atoms with Gasteiger partial charge >= 0.3 is 5.97 Å². The van der Waals surface area contributed by atoms with E-state index in [1.54, 1.807) is 0 Å². The highest BCUT2D eigenvalue weighted by molar-refractivity contribution is 5.70. The number of hydrogen-bond acceptors (Lipinski definition) is 4. The Morgan fingerprint density at radius 1 is 1.28 bits per heavy atom. The van der Waals surface area contributed by atoms with Gasteiger partial charge in [-0.25, -0.2) is 0 Å². The first-order valence-corrected chi connectivity index (χ1v) is 9.63. The molecule has 1 aliphatic heterocycles. The van der Waals surface area contributed by atoms with Crippen LogP contribution in [0.3, 0.4) is 0 Å². The Hall–Kier alpha value is -0.870. The Balaban J connectivity index is 1.99. The lowest BCUT2D eigenvalue weighted by atomic mass is 9.46. The predicted octanol–water partition coefficient (Wildman–Crippen LogP) is 4.01. The molecule has 1 saturated carbocycles. The number of allylic oxidation sites excluding steroid dienone is 1. The third-order valence-electron chi connectivity index (χ3n) is 7.85. The van der Waals surface area contributed by atoms with E-state index in [1.165, 1.54) is 12.7 Å². The number of aliphatic hydroxyl groups excluding tert-OH is 1. The summed E-state index contributed by atoms with van der Waals surface area (Å²) in [7, 11) is 1.44. The zero-order valence-electron chi connectivity index (χ0n) is 16.6. The van der Waals surface area contributed by atoms with E-state index in [0.29, 0.717) is 12.3 Å². The van der Waals surface area contributed by atoms with Crippen LogP contribution in [0, 0.1) is 16.7 Å². The topological polar surface area (TPSA) is 55.8 Å². The van der Waals surface area contributed by atoms with Crippen LogP contribution in [-0.4, -0.2) is 35.5 Å². The summed E-state index contributed by atoms with van der Waals surface area (Å²) in [6, 6.07) is 0. The minimum absolute atomic E-state index is 0.0254. The summed E-state index contributed by atoms with van der Waals surface area (Å²) >= 11 is 0. The molecule has 5 atom stereocenters. The first-order valence-electron chi connectivity index (χ1n) is 9.63. The van der Waals surface area contributed by atoms with Crippen molar-refractivity contribution in [1.29, 1.82) is 0 Å². The second-order valence-corrected chi connectivity index (χ2v) is 9.60. The van der Waals surface area contributed by atoms with Crippen LogP contribution in [0.2, 0.25) is 0 Å². The number of carbonyl (C=O) groups is 1. The number of esters is 1. The summed E-state index contributed by atoms with van der Waals surface area (Å²) < 4.78 is 11.7. The number of carbonyl (C=O) groups excluding carboxylic acids is 1. The molecule has 142 valence electrons. The zero-order chi connectivity index (χ0) is 18.7. The van der Waals surface area contributed by atoms with Gasteiger partial charge < -0.3 is 14.6 Å². The second-order valence-electron chi connectivity index (χ2n) is 9.60. The van der Waals surface area contributed by atoms with Crippen LogP contribution in [0.1, 0.15) is 73.1 Å². The summed E-state index contributed by atoms with van der Waals surface area (Å²) in [5.74, 6) is 0.158.